The summed E-state index contributed by atoms with van der Waals surface area (Å²) in [7, 11) is 0. The highest BCUT2D eigenvalue weighted by Crippen LogP contribution is 2.34. The summed E-state index contributed by atoms with van der Waals surface area (Å²) in [5.41, 5.74) is 1.98. The van der Waals surface area contributed by atoms with Crippen molar-refractivity contribution < 1.29 is 5.11 Å². The second-order valence-electron chi connectivity index (χ2n) is 4.25. The van der Waals surface area contributed by atoms with Gasteiger partial charge in [0.2, 0.25) is 0 Å². The third-order valence-electron chi connectivity index (χ3n) is 3.08. The van der Waals surface area contributed by atoms with E-state index in [1.807, 2.05) is 25.3 Å². The Hall–Kier alpha value is -0.890. The van der Waals surface area contributed by atoms with Crippen LogP contribution >= 0.6 is 0 Å². The van der Waals surface area contributed by atoms with Crippen molar-refractivity contribution in [2.24, 2.45) is 5.92 Å². The van der Waals surface area contributed by atoms with Crippen LogP contribution in [0.15, 0.2) is 18.3 Å². The van der Waals surface area contributed by atoms with Crippen LogP contribution in [0.25, 0.3) is 0 Å². The molecule has 0 radical (unpaired) electrons. The maximum absolute atomic E-state index is 10.0. The molecule has 1 heterocycles. The molecule has 0 aromatic carbocycles. The molecule has 1 aliphatic rings. The first-order valence-electron chi connectivity index (χ1n) is 5.38. The molecular formula is C12H17NO. The number of rotatable bonds is 2. The van der Waals surface area contributed by atoms with Gasteiger partial charge in [-0.3, -0.25) is 4.98 Å². The minimum Gasteiger partial charge on any atom is -0.387 e. The first-order valence-corrected chi connectivity index (χ1v) is 5.38. The Labute approximate surface area is 85.0 Å². The van der Waals surface area contributed by atoms with Crippen molar-refractivity contribution in [1.29, 1.82) is 0 Å². The van der Waals surface area contributed by atoms with Crippen LogP contribution in [0.4, 0.5) is 0 Å². The van der Waals surface area contributed by atoms with Gasteiger partial charge < -0.3 is 5.11 Å². The summed E-state index contributed by atoms with van der Waals surface area (Å²) in [5, 5.41) is 10.0. The summed E-state index contributed by atoms with van der Waals surface area (Å²) in [6.07, 6.45) is 6.29. The molecule has 0 saturated heterocycles. The van der Waals surface area contributed by atoms with Crippen molar-refractivity contribution in [3.05, 3.63) is 29.6 Å². The minimum absolute atomic E-state index is 0.349. The van der Waals surface area contributed by atoms with E-state index < -0.39 is 0 Å². The molecule has 1 unspecified atom stereocenters. The summed E-state index contributed by atoms with van der Waals surface area (Å²) in [4.78, 5) is 4.27. The van der Waals surface area contributed by atoms with Gasteiger partial charge >= 0.3 is 0 Å². The van der Waals surface area contributed by atoms with Crippen LogP contribution in [0.2, 0.25) is 0 Å². The van der Waals surface area contributed by atoms with Gasteiger partial charge in [-0.1, -0.05) is 18.9 Å². The minimum atomic E-state index is -0.349. The van der Waals surface area contributed by atoms with E-state index in [0.29, 0.717) is 5.92 Å². The Kier molecular flexibility index (Phi) is 2.82. The number of aromatic nitrogens is 1. The van der Waals surface area contributed by atoms with Crippen molar-refractivity contribution in [3.63, 3.8) is 0 Å². The zero-order valence-electron chi connectivity index (χ0n) is 8.61. The SMILES string of the molecule is Cc1ccc(C(O)C2CCCC2)nc1. The molecule has 1 atom stereocenters. The number of nitrogens with zero attached hydrogens (tertiary/aromatic N) is 1. The van der Waals surface area contributed by atoms with Crippen LogP contribution in [-0.4, -0.2) is 10.1 Å². The predicted molar refractivity (Wildman–Crippen MR) is 55.9 cm³/mol. The lowest BCUT2D eigenvalue weighted by molar-refractivity contribution is 0.107. The number of aliphatic hydroxyl groups excluding tert-OH is 1. The Balaban J connectivity index is 2.09. The average Bonchev–Trinajstić information content (AvgIpc) is 2.71. The largest absolute Gasteiger partial charge is 0.387 e. The van der Waals surface area contributed by atoms with Gasteiger partial charge in [0, 0.05) is 6.20 Å². The Morgan fingerprint density at radius 2 is 2.07 bits per heavy atom. The monoisotopic (exact) mass is 191 g/mol. The van der Waals surface area contributed by atoms with E-state index in [2.05, 4.69) is 4.98 Å². The maximum Gasteiger partial charge on any atom is 0.0987 e. The summed E-state index contributed by atoms with van der Waals surface area (Å²) >= 11 is 0. The molecule has 1 aromatic heterocycles. The molecule has 1 fully saturated rings. The fourth-order valence-corrected chi connectivity index (χ4v) is 2.17. The number of hydrogen-bond acceptors (Lipinski definition) is 2. The number of hydrogen-bond donors (Lipinski definition) is 1. The van der Waals surface area contributed by atoms with Gasteiger partial charge in [0.05, 0.1) is 11.8 Å². The molecule has 0 spiro atoms. The zero-order chi connectivity index (χ0) is 9.97. The highest BCUT2D eigenvalue weighted by atomic mass is 16.3. The maximum atomic E-state index is 10.0. The molecule has 0 bridgehead atoms. The first kappa shape index (κ1) is 9.66. The average molecular weight is 191 g/mol. The van der Waals surface area contributed by atoms with E-state index in [-0.39, 0.29) is 6.10 Å². The molecular weight excluding hydrogens is 174 g/mol. The van der Waals surface area contributed by atoms with Crippen LogP contribution in [-0.2, 0) is 0 Å². The van der Waals surface area contributed by atoms with Gasteiger partial charge in [-0.25, -0.2) is 0 Å². The van der Waals surface area contributed by atoms with Crippen LogP contribution in [0.3, 0.4) is 0 Å². The van der Waals surface area contributed by atoms with E-state index in [1.54, 1.807) is 0 Å². The predicted octanol–water partition coefficient (Wildman–Crippen LogP) is 2.61. The Morgan fingerprint density at radius 3 is 2.64 bits per heavy atom. The Bertz CT molecular complexity index is 288. The molecule has 2 heteroatoms. The van der Waals surface area contributed by atoms with Crippen molar-refractivity contribution >= 4 is 0 Å². The van der Waals surface area contributed by atoms with Crippen LogP contribution in [0.5, 0.6) is 0 Å². The van der Waals surface area contributed by atoms with E-state index >= 15 is 0 Å². The van der Waals surface area contributed by atoms with E-state index in [1.165, 1.54) is 12.8 Å². The lowest BCUT2D eigenvalue weighted by Gasteiger charge is -2.16. The summed E-state index contributed by atoms with van der Waals surface area (Å²) in [6, 6.07) is 3.96. The summed E-state index contributed by atoms with van der Waals surface area (Å²) in [6.45, 7) is 2.01. The van der Waals surface area contributed by atoms with Crippen molar-refractivity contribution in [1.82, 2.24) is 4.98 Å². The number of aliphatic hydroxyl groups is 1. The molecule has 0 amide bonds. The van der Waals surface area contributed by atoms with Crippen molar-refractivity contribution in [2.75, 3.05) is 0 Å². The molecule has 1 aromatic rings. The molecule has 1 aliphatic carbocycles. The van der Waals surface area contributed by atoms with Gasteiger partial charge in [0.15, 0.2) is 0 Å². The molecule has 1 saturated carbocycles. The molecule has 1 N–H and O–H groups in total. The lowest BCUT2D eigenvalue weighted by Crippen LogP contribution is -2.10. The Morgan fingerprint density at radius 1 is 1.36 bits per heavy atom. The van der Waals surface area contributed by atoms with Crippen LogP contribution in [0, 0.1) is 12.8 Å². The van der Waals surface area contributed by atoms with Crippen LogP contribution in [0.1, 0.15) is 43.0 Å². The second-order valence-corrected chi connectivity index (χ2v) is 4.25. The second kappa shape index (κ2) is 4.09. The molecule has 2 nitrogen and oxygen atoms in total. The smallest absolute Gasteiger partial charge is 0.0987 e. The standard InChI is InChI=1S/C12H17NO/c1-9-6-7-11(13-8-9)12(14)10-4-2-3-5-10/h6-8,10,12,14H,2-5H2,1H3. The van der Waals surface area contributed by atoms with E-state index in [4.69, 9.17) is 0 Å². The van der Waals surface area contributed by atoms with Crippen molar-refractivity contribution in [3.8, 4) is 0 Å². The van der Waals surface area contributed by atoms with Gasteiger partial charge in [-0.15, -0.1) is 0 Å². The van der Waals surface area contributed by atoms with Gasteiger partial charge in [-0.05, 0) is 37.3 Å². The van der Waals surface area contributed by atoms with E-state index in [0.717, 1.165) is 24.1 Å². The van der Waals surface area contributed by atoms with Crippen molar-refractivity contribution in [2.45, 2.75) is 38.7 Å². The quantitative estimate of drug-likeness (QED) is 0.779. The topological polar surface area (TPSA) is 33.1 Å². The fraction of sp³-hybridized carbons (Fsp3) is 0.583. The number of aryl methyl sites for hydroxylation is 1. The van der Waals surface area contributed by atoms with Gasteiger partial charge in [0.1, 0.15) is 0 Å². The van der Waals surface area contributed by atoms with Crippen LogP contribution < -0.4 is 0 Å². The molecule has 2 rings (SSSR count). The summed E-state index contributed by atoms with van der Waals surface area (Å²) in [5.74, 6) is 0.435. The van der Waals surface area contributed by atoms with Gasteiger partial charge in [0.25, 0.3) is 0 Å². The molecule has 0 aliphatic heterocycles. The zero-order valence-corrected chi connectivity index (χ0v) is 8.61. The first-order chi connectivity index (χ1) is 6.77. The molecule has 76 valence electrons. The lowest BCUT2D eigenvalue weighted by atomic mass is 9.98. The highest BCUT2D eigenvalue weighted by Gasteiger charge is 2.24. The normalized spacial score (nSPS) is 19.9. The fourth-order valence-electron chi connectivity index (χ4n) is 2.17. The van der Waals surface area contributed by atoms with E-state index in [9.17, 15) is 5.11 Å². The number of pyridine rings is 1. The highest BCUT2D eigenvalue weighted by molar-refractivity contribution is 5.14. The third-order valence-corrected chi connectivity index (χ3v) is 3.08. The van der Waals surface area contributed by atoms with Gasteiger partial charge in [-0.2, -0.15) is 0 Å². The summed E-state index contributed by atoms with van der Waals surface area (Å²) < 4.78 is 0. The third kappa shape index (κ3) is 1.95. The molecule has 14 heavy (non-hydrogen) atoms.